The van der Waals surface area contributed by atoms with E-state index in [2.05, 4.69) is 18.8 Å². The average Bonchev–Trinajstić information content (AvgIpc) is 2.70. The van der Waals surface area contributed by atoms with E-state index < -0.39 is 0 Å². The maximum absolute atomic E-state index is 12.1. The Hall–Kier alpha value is -1.22. The van der Waals surface area contributed by atoms with Crippen LogP contribution in [0.5, 0.6) is 0 Å². The minimum Gasteiger partial charge on any atom is -0.291 e. The molecule has 0 spiro atoms. The van der Waals surface area contributed by atoms with E-state index in [1.165, 1.54) is 11.3 Å². The molecule has 3 heteroatoms. The lowest BCUT2D eigenvalue weighted by molar-refractivity contribution is 0.0899. The molecule has 0 saturated heterocycles. The summed E-state index contributed by atoms with van der Waals surface area (Å²) in [6, 6.07) is 7.87. The van der Waals surface area contributed by atoms with Gasteiger partial charge in [0.15, 0.2) is 10.8 Å². The molecule has 0 fully saturated rings. The van der Waals surface area contributed by atoms with Gasteiger partial charge in [-0.3, -0.25) is 4.79 Å². The molecule has 84 valence electrons. The van der Waals surface area contributed by atoms with Crippen molar-refractivity contribution in [1.82, 2.24) is 4.98 Å². The molecule has 0 radical (unpaired) electrons. The van der Waals surface area contributed by atoms with Crippen molar-refractivity contribution < 1.29 is 4.79 Å². The van der Waals surface area contributed by atoms with Crippen molar-refractivity contribution in [3.63, 3.8) is 0 Å². The van der Waals surface area contributed by atoms with Gasteiger partial charge in [-0.05, 0) is 18.1 Å². The average molecular weight is 233 g/mol. The van der Waals surface area contributed by atoms with Gasteiger partial charge in [0, 0.05) is 5.92 Å². The third-order valence-corrected chi connectivity index (χ3v) is 3.97. The maximum atomic E-state index is 12.1. The molecule has 0 aliphatic carbocycles. The number of aromatic nitrogens is 1. The predicted molar refractivity (Wildman–Crippen MR) is 68.0 cm³/mol. The first-order chi connectivity index (χ1) is 7.59. The Bertz CT molecular complexity index is 482. The first-order valence-corrected chi connectivity index (χ1v) is 6.31. The van der Waals surface area contributed by atoms with Gasteiger partial charge < -0.3 is 0 Å². The summed E-state index contributed by atoms with van der Waals surface area (Å²) in [6.07, 6.45) is 0. The third-order valence-electron chi connectivity index (χ3n) is 2.92. The Morgan fingerprint density at radius 2 is 1.94 bits per heavy atom. The van der Waals surface area contributed by atoms with Crippen LogP contribution in [0.1, 0.15) is 30.6 Å². The summed E-state index contributed by atoms with van der Waals surface area (Å²) in [5.74, 6) is 0.566. The maximum Gasteiger partial charge on any atom is 0.194 e. The standard InChI is InChI=1S/C13H15NOS/c1-8(2)9(3)12(15)13-14-10-6-4-5-7-11(10)16-13/h4-9H,1-3H3. The zero-order valence-electron chi connectivity index (χ0n) is 9.73. The molecule has 0 bridgehead atoms. The number of fused-ring (bicyclic) bond motifs is 1. The molecule has 0 amide bonds. The third kappa shape index (κ3) is 2.00. The first kappa shape index (κ1) is 11.3. The van der Waals surface area contributed by atoms with Crippen LogP contribution >= 0.6 is 11.3 Å². The van der Waals surface area contributed by atoms with Crippen LogP contribution in [0.2, 0.25) is 0 Å². The Morgan fingerprint density at radius 1 is 1.25 bits per heavy atom. The highest BCUT2D eigenvalue weighted by atomic mass is 32.1. The highest BCUT2D eigenvalue weighted by Crippen LogP contribution is 2.25. The topological polar surface area (TPSA) is 30.0 Å². The van der Waals surface area contributed by atoms with Gasteiger partial charge in [0.25, 0.3) is 0 Å². The van der Waals surface area contributed by atoms with Crippen LogP contribution in [0.3, 0.4) is 0 Å². The lowest BCUT2D eigenvalue weighted by Crippen LogP contribution is -2.16. The number of carbonyl (C=O) groups excluding carboxylic acids is 1. The van der Waals surface area contributed by atoms with Crippen LogP contribution < -0.4 is 0 Å². The summed E-state index contributed by atoms with van der Waals surface area (Å²) in [7, 11) is 0. The van der Waals surface area contributed by atoms with Crippen LogP contribution in [0.15, 0.2) is 24.3 Å². The highest BCUT2D eigenvalue weighted by molar-refractivity contribution is 7.20. The zero-order chi connectivity index (χ0) is 11.7. The number of ketones is 1. The molecule has 1 aromatic carbocycles. The van der Waals surface area contributed by atoms with Crippen molar-refractivity contribution >= 4 is 27.3 Å². The molecule has 1 atom stereocenters. The fourth-order valence-corrected chi connectivity index (χ4v) is 2.48. The van der Waals surface area contributed by atoms with Crippen molar-refractivity contribution in [3.8, 4) is 0 Å². The molecule has 0 aliphatic heterocycles. The Labute approximate surface area is 99.3 Å². The molecule has 16 heavy (non-hydrogen) atoms. The fourth-order valence-electron chi connectivity index (χ4n) is 1.48. The van der Waals surface area contributed by atoms with E-state index >= 15 is 0 Å². The predicted octanol–water partition coefficient (Wildman–Crippen LogP) is 3.77. The van der Waals surface area contributed by atoms with Gasteiger partial charge in [-0.25, -0.2) is 4.98 Å². The first-order valence-electron chi connectivity index (χ1n) is 5.49. The Kier molecular flexibility index (Phi) is 3.06. The normalized spacial score (nSPS) is 13.2. The summed E-state index contributed by atoms with van der Waals surface area (Å²) in [5, 5.41) is 0.641. The van der Waals surface area contributed by atoms with E-state index in [4.69, 9.17) is 0 Å². The number of nitrogens with zero attached hydrogens (tertiary/aromatic N) is 1. The number of carbonyl (C=O) groups is 1. The van der Waals surface area contributed by atoms with Crippen molar-refractivity contribution in [3.05, 3.63) is 29.3 Å². The minimum atomic E-state index is 0.0422. The van der Waals surface area contributed by atoms with E-state index in [-0.39, 0.29) is 11.7 Å². The minimum absolute atomic E-state index is 0.0422. The van der Waals surface area contributed by atoms with E-state index in [0.717, 1.165) is 10.2 Å². The number of thiazole rings is 1. The quantitative estimate of drug-likeness (QED) is 0.755. The monoisotopic (exact) mass is 233 g/mol. The lowest BCUT2D eigenvalue weighted by Gasteiger charge is -2.11. The van der Waals surface area contributed by atoms with E-state index in [0.29, 0.717) is 10.9 Å². The van der Waals surface area contributed by atoms with E-state index in [1.54, 1.807) is 0 Å². The molecule has 1 aromatic heterocycles. The number of hydrogen-bond acceptors (Lipinski definition) is 3. The largest absolute Gasteiger partial charge is 0.291 e. The summed E-state index contributed by atoms with van der Waals surface area (Å²) >= 11 is 1.49. The molecule has 2 nitrogen and oxygen atoms in total. The van der Waals surface area contributed by atoms with Crippen LogP contribution in [-0.4, -0.2) is 10.8 Å². The van der Waals surface area contributed by atoms with Gasteiger partial charge in [0.1, 0.15) is 0 Å². The van der Waals surface area contributed by atoms with Gasteiger partial charge in [-0.15, -0.1) is 11.3 Å². The number of para-hydroxylation sites is 1. The smallest absolute Gasteiger partial charge is 0.194 e. The van der Waals surface area contributed by atoms with Gasteiger partial charge in [-0.2, -0.15) is 0 Å². The Morgan fingerprint density at radius 3 is 2.56 bits per heavy atom. The number of hydrogen-bond donors (Lipinski definition) is 0. The molecule has 2 aromatic rings. The van der Waals surface area contributed by atoms with Gasteiger partial charge in [-0.1, -0.05) is 32.9 Å². The number of benzene rings is 1. The molecule has 0 aliphatic rings. The van der Waals surface area contributed by atoms with Gasteiger partial charge >= 0.3 is 0 Å². The van der Waals surface area contributed by atoms with Crippen LogP contribution in [0.25, 0.3) is 10.2 Å². The molecular weight excluding hydrogens is 218 g/mol. The summed E-state index contributed by atoms with van der Waals surface area (Å²) in [6.45, 7) is 6.10. The molecule has 1 unspecified atom stereocenters. The number of Topliss-reactive ketones (excluding diaryl/α,β-unsaturated/α-hetero) is 1. The zero-order valence-corrected chi connectivity index (χ0v) is 10.5. The van der Waals surface area contributed by atoms with Crippen molar-refractivity contribution in [2.75, 3.05) is 0 Å². The summed E-state index contributed by atoms with van der Waals surface area (Å²) in [5.41, 5.74) is 0.923. The molecule has 0 N–H and O–H groups in total. The fraction of sp³-hybridized carbons (Fsp3) is 0.385. The second kappa shape index (κ2) is 4.34. The molecule has 1 heterocycles. The van der Waals surface area contributed by atoms with Crippen LogP contribution in [0.4, 0.5) is 0 Å². The summed E-state index contributed by atoms with van der Waals surface area (Å²) < 4.78 is 1.09. The molecule has 2 rings (SSSR count). The lowest BCUT2D eigenvalue weighted by atomic mass is 9.94. The van der Waals surface area contributed by atoms with E-state index in [9.17, 15) is 4.79 Å². The van der Waals surface area contributed by atoms with Gasteiger partial charge in [0.05, 0.1) is 10.2 Å². The highest BCUT2D eigenvalue weighted by Gasteiger charge is 2.21. The summed E-state index contributed by atoms with van der Waals surface area (Å²) in [4.78, 5) is 16.5. The van der Waals surface area contributed by atoms with Gasteiger partial charge in [0.2, 0.25) is 0 Å². The molecular formula is C13H15NOS. The number of rotatable bonds is 3. The van der Waals surface area contributed by atoms with Crippen molar-refractivity contribution in [1.29, 1.82) is 0 Å². The van der Waals surface area contributed by atoms with Crippen LogP contribution in [0, 0.1) is 11.8 Å². The van der Waals surface area contributed by atoms with Crippen LogP contribution in [-0.2, 0) is 0 Å². The second-order valence-electron chi connectivity index (χ2n) is 4.38. The molecule has 0 saturated carbocycles. The Balaban J connectivity index is 2.37. The second-order valence-corrected chi connectivity index (χ2v) is 5.41. The van der Waals surface area contributed by atoms with E-state index in [1.807, 2.05) is 31.2 Å². The SMILES string of the molecule is CC(C)C(C)C(=O)c1nc2ccccc2s1. The van der Waals surface area contributed by atoms with Crippen molar-refractivity contribution in [2.24, 2.45) is 11.8 Å². The van der Waals surface area contributed by atoms with Crippen molar-refractivity contribution in [2.45, 2.75) is 20.8 Å².